The predicted octanol–water partition coefficient (Wildman–Crippen LogP) is 3.99. The van der Waals surface area contributed by atoms with Crippen LogP contribution in [0.25, 0.3) is 0 Å². The third-order valence-electron chi connectivity index (χ3n) is 5.53. The Morgan fingerprint density at radius 1 is 1.19 bits per heavy atom. The van der Waals surface area contributed by atoms with Crippen LogP contribution < -0.4 is 5.32 Å². The molecule has 21 heavy (non-hydrogen) atoms. The highest BCUT2D eigenvalue weighted by atomic mass is 79.9. The second-order valence-corrected chi connectivity index (χ2v) is 7.60. The summed E-state index contributed by atoms with van der Waals surface area (Å²) in [6, 6.07) is 9.37. The molecule has 1 unspecified atom stereocenters. The summed E-state index contributed by atoms with van der Waals surface area (Å²) < 4.78 is 1.19. The molecule has 116 valence electrons. The van der Waals surface area contributed by atoms with Crippen LogP contribution in [0.3, 0.4) is 0 Å². The first-order valence-electron chi connectivity index (χ1n) is 8.41. The van der Waals surface area contributed by atoms with Crippen molar-refractivity contribution in [3.05, 3.63) is 34.3 Å². The van der Waals surface area contributed by atoms with Gasteiger partial charge in [0.2, 0.25) is 0 Å². The zero-order chi connectivity index (χ0) is 14.7. The number of halogens is 1. The minimum Gasteiger partial charge on any atom is -0.315 e. The Morgan fingerprint density at radius 2 is 1.90 bits per heavy atom. The summed E-state index contributed by atoms with van der Waals surface area (Å²) >= 11 is 3.61. The molecule has 1 saturated heterocycles. The molecule has 1 saturated carbocycles. The van der Waals surface area contributed by atoms with Gasteiger partial charge >= 0.3 is 0 Å². The van der Waals surface area contributed by atoms with E-state index in [1.807, 2.05) is 0 Å². The summed E-state index contributed by atoms with van der Waals surface area (Å²) in [5.41, 5.74) is 1.84. The first-order chi connectivity index (χ1) is 10.2. The van der Waals surface area contributed by atoms with Gasteiger partial charge in [0.25, 0.3) is 0 Å². The van der Waals surface area contributed by atoms with Crippen LogP contribution in [0.4, 0.5) is 0 Å². The normalized spacial score (nSPS) is 23.5. The van der Waals surface area contributed by atoms with Crippen LogP contribution >= 0.6 is 15.9 Å². The van der Waals surface area contributed by atoms with E-state index in [2.05, 4.69) is 57.5 Å². The lowest BCUT2D eigenvalue weighted by Gasteiger charge is -2.45. The first-order valence-corrected chi connectivity index (χ1v) is 9.21. The molecule has 1 aliphatic carbocycles. The zero-order valence-electron chi connectivity index (χ0n) is 13.1. The highest BCUT2D eigenvalue weighted by Crippen LogP contribution is 2.41. The second-order valence-electron chi connectivity index (χ2n) is 6.68. The van der Waals surface area contributed by atoms with Gasteiger partial charge in [0, 0.05) is 16.1 Å². The molecule has 1 aliphatic heterocycles. The monoisotopic (exact) mass is 350 g/mol. The van der Waals surface area contributed by atoms with Crippen molar-refractivity contribution in [1.82, 2.24) is 10.2 Å². The number of likely N-dealkylation sites (N-methyl/N-ethyl adjacent to an activating group) is 1. The molecule has 0 spiro atoms. The fraction of sp³-hybridized carbons (Fsp3) is 0.667. The van der Waals surface area contributed by atoms with E-state index in [0.717, 1.165) is 6.42 Å². The van der Waals surface area contributed by atoms with Gasteiger partial charge in [-0.2, -0.15) is 0 Å². The average molecular weight is 351 g/mol. The highest BCUT2D eigenvalue weighted by molar-refractivity contribution is 9.10. The number of hydrogen-bond donors (Lipinski definition) is 1. The van der Waals surface area contributed by atoms with E-state index in [9.17, 15) is 0 Å². The van der Waals surface area contributed by atoms with Crippen LogP contribution in [0.5, 0.6) is 0 Å². The maximum atomic E-state index is 3.67. The van der Waals surface area contributed by atoms with Crippen molar-refractivity contribution in [3.8, 4) is 0 Å². The van der Waals surface area contributed by atoms with Gasteiger partial charge in [0.15, 0.2) is 0 Å². The summed E-state index contributed by atoms with van der Waals surface area (Å²) in [7, 11) is 2.15. The molecule has 0 amide bonds. The maximum absolute atomic E-state index is 3.67. The van der Waals surface area contributed by atoms with Gasteiger partial charge in [-0.05, 0) is 69.9 Å². The maximum Gasteiger partial charge on any atom is 0.0365 e. The van der Waals surface area contributed by atoms with Crippen molar-refractivity contribution in [1.29, 1.82) is 0 Å². The molecule has 2 fully saturated rings. The minimum atomic E-state index is 0.396. The van der Waals surface area contributed by atoms with E-state index < -0.39 is 0 Å². The van der Waals surface area contributed by atoms with Gasteiger partial charge in [-0.15, -0.1) is 0 Å². The molecule has 3 rings (SSSR count). The topological polar surface area (TPSA) is 15.3 Å². The van der Waals surface area contributed by atoms with Crippen molar-refractivity contribution in [2.75, 3.05) is 20.1 Å². The Labute approximate surface area is 137 Å². The Balaban J connectivity index is 1.82. The van der Waals surface area contributed by atoms with E-state index in [1.54, 1.807) is 0 Å². The lowest BCUT2D eigenvalue weighted by molar-refractivity contribution is 0.0798. The molecule has 1 atom stereocenters. The molecule has 1 aromatic carbocycles. The molecule has 0 bridgehead atoms. The van der Waals surface area contributed by atoms with E-state index in [4.69, 9.17) is 0 Å². The number of benzene rings is 1. The van der Waals surface area contributed by atoms with E-state index in [-0.39, 0.29) is 0 Å². The second kappa shape index (κ2) is 6.80. The van der Waals surface area contributed by atoms with Crippen molar-refractivity contribution in [2.24, 2.45) is 0 Å². The molecule has 0 aromatic heterocycles. The van der Waals surface area contributed by atoms with Crippen LogP contribution in [0.2, 0.25) is 0 Å². The lowest BCUT2D eigenvalue weighted by Crippen LogP contribution is -2.59. The molecule has 2 nitrogen and oxygen atoms in total. The molecule has 1 aromatic rings. The van der Waals surface area contributed by atoms with Gasteiger partial charge in [0.1, 0.15) is 0 Å². The average Bonchev–Trinajstić information content (AvgIpc) is 3.16. The summed E-state index contributed by atoms with van der Waals surface area (Å²) in [6.07, 6.45) is 9.43. The summed E-state index contributed by atoms with van der Waals surface area (Å²) in [5.74, 6) is 0. The third kappa shape index (κ3) is 3.20. The van der Waals surface area contributed by atoms with Crippen LogP contribution in [-0.2, 0) is 6.42 Å². The van der Waals surface area contributed by atoms with Crippen LogP contribution in [-0.4, -0.2) is 36.6 Å². The van der Waals surface area contributed by atoms with Gasteiger partial charge in [0.05, 0.1) is 0 Å². The lowest BCUT2D eigenvalue weighted by atomic mass is 9.82. The smallest absolute Gasteiger partial charge is 0.0365 e. The standard InChI is InChI=1S/C18H27BrN2/c1-20-17(14-15-7-6-8-16(19)13-15)18(9-2-3-10-18)21-11-4-5-12-21/h6-8,13,17,20H,2-5,9-12,14H2,1H3. The van der Waals surface area contributed by atoms with Gasteiger partial charge in [-0.25, -0.2) is 0 Å². The zero-order valence-corrected chi connectivity index (χ0v) is 14.7. The summed E-state index contributed by atoms with van der Waals surface area (Å²) in [6.45, 7) is 2.60. The van der Waals surface area contributed by atoms with Gasteiger partial charge < -0.3 is 5.32 Å². The number of nitrogens with zero attached hydrogens (tertiary/aromatic N) is 1. The fourth-order valence-corrected chi connectivity index (χ4v) is 4.94. The number of rotatable bonds is 5. The summed E-state index contributed by atoms with van der Waals surface area (Å²) in [5, 5.41) is 3.67. The molecule has 2 aliphatic rings. The number of nitrogens with one attached hydrogen (secondary N) is 1. The van der Waals surface area contributed by atoms with Crippen LogP contribution in [0.15, 0.2) is 28.7 Å². The van der Waals surface area contributed by atoms with Crippen molar-refractivity contribution >= 4 is 15.9 Å². The molecule has 1 heterocycles. The molecule has 3 heteroatoms. The predicted molar refractivity (Wildman–Crippen MR) is 92.7 cm³/mol. The van der Waals surface area contributed by atoms with E-state index >= 15 is 0 Å². The van der Waals surface area contributed by atoms with E-state index in [1.165, 1.54) is 61.7 Å². The van der Waals surface area contributed by atoms with Gasteiger partial charge in [-0.1, -0.05) is 40.9 Å². The van der Waals surface area contributed by atoms with E-state index in [0.29, 0.717) is 11.6 Å². The molecular weight excluding hydrogens is 324 g/mol. The van der Waals surface area contributed by atoms with Crippen molar-refractivity contribution in [2.45, 2.75) is 56.5 Å². The molecular formula is C18H27BrN2. The Bertz CT molecular complexity index is 462. The van der Waals surface area contributed by atoms with Crippen LogP contribution in [0.1, 0.15) is 44.1 Å². The minimum absolute atomic E-state index is 0.396. The van der Waals surface area contributed by atoms with Gasteiger partial charge in [-0.3, -0.25) is 4.90 Å². The quantitative estimate of drug-likeness (QED) is 0.863. The fourth-order valence-electron chi connectivity index (χ4n) is 4.50. The largest absolute Gasteiger partial charge is 0.315 e. The molecule has 0 radical (unpaired) electrons. The van der Waals surface area contributed by atoms with Crippen LogP contribution in [0, 0.1) is 0 Å². The Kier molecular flexibility index (Phi) is 5.03. The highest BCUT2D eigenvalue weighted by Gasteiger charge is 2.45. The third-order valence-corrected chi connectivity index (χ3v) is 6.02. The Hall–Kier alpha value is -0.380. The number of hydrogen-bond acceptors (Lipinski definition) is 2. The SMILES string of the molecule is CNC(Cc1cccc(Br)c1)C1(N2CCCC2)CCCC1. The van der Waals surface area contributed by atoms with Crippen molar-refractivity contribution < 1.29 is 0 Å². The Morgan fingerprint density at radius 3 is 2.52 bits per heavy atom. The van der Waals surface area contributed by atoms with Crippen molar-refractivity contribution in [3.63, 3.8) is 0 Å². The number of likely N-dealkylation sites (tertiary alicyclic amines) is 1. The molecule has 1 N–H and O–H groups in total. The summed E-state index contributed by atoms with van der Waals surface area (Å²) in [4.78, 5) is 2.80. The first kappa shape index (κ1) is 15.5.